The largest absolute Gasteiger partial charge is 0.480 e. The Labute approximate surface area is 187 Å². The molecule has 0 radical (unpaired) electrons. The van der Waals surface area contributed by atoms with E-state index in [4.69, 9.17) is 19.4 Å². The van der Waals surface area contributed by atoms with Crippen LogP contribution in [0, 0.1) is 0 Å². The third kappa shape index (κ3) is 3.58. The molecular weight excluding hydrogens is 400 g/mol. The highest BCUT2D eigenvalue weighted by Crippen LogP contribution is 2.65. The first kappa shape index (κ1) is 20.1. The standard InChI is InChI=1S/C26H24N4O2/c1-31-21-16-27-15-20(29-21)25-22(17-9-5-3-6-10-17)24(19-13-14-28-26(30-19)32-2)23(25)18-11-7-4-8-12-18/h3-16,22-25H,1-2H3/t22-,23-,24-,25+/m0/s1. The number of benzene rings is 2. The second-order valence-electron chi connectivity index (χ2n) is 7.88. The minimum atomic E-state index is 0.119. The van der Waals surface area contributed by atoms with E-state index in [1.807, 2.05) is 24.4 Å². The molecule has 2 aromatic carbocycles. The molecule has 2 atom stereocenters. The highest BCUT2D eigenvalue weighted by Gasteiger charge is 2.54. The van der Waals surface area contributed by atoms with Crippen LogP contribution in [-0.4, -0.2) is 34.2 Å². The molecule has 1 fully saturated rings. The van der Waals surface area contributed by atoms with Gasteiger partial charge >= 0.3 is 6.01 Å². The smallest absolute Gasteiger partial charge is 0.316 e. The summed E-state index contributed by atoms with van der Waals surface area (Å²) in [5, 5.41) is 0. The summed E-state index contributed by atoms with van der Waals surface area (Å²) in [6, 6.07) is 23.5. The van der Waals surface area contributed by atoms with Crippen molar-refractivity contribution >= 4 is 0 Å². The van der Waals surface area contributed by atoms with Crippen LogP contribution in [0.25, 0.3) is 0 Å². The number of hydrogen-bond acceptors (Lipinski definition) is 6. The third-order valence-corrected chi connectivity index (χ3v) is 6.28. The van der Waals surface area contributed by atoms with E-state index in [1.54, 1.807) is 26.6 Å². The van der Waals surface area contributed by atoms with Crippen molar-refractivity contribution in [1.82, 2.24) is 19.9 Å². The number of ether oxygens (including phenoxy) is 2. The monoisotopic (exact) mass is 424 g/mol. The summed E-state index contributed by atoms with van der Waals surface area (Å²) in [7, 11) is 3.21. The fraction of sp³-hybridized carbons (Fsp3) is 0.231. The molecule has 32 heavy (non-hydrogen) atoms. The van der Waals surface area contributed by atoms with Crippen molar-refractivity contribution in [2.24, 2.45) is 0 Å². The van der Waals surface area contributed by atoms with Gasteiger partial charge in [-0.15, -0.1) is 0 Å². The van der Waals surface area contributed by atoms with E-state index in [2.05, 4.69) is 58.5 Å². The molecular formula is C26H24N4O2. The van der Waals surface area contributed by atoms with Crippen molar-refractivity contribution in [3.8, 4) is 11.9 Å². The quantitative estimate of drug-likeness (QED) is 0.446. The van der Waals surface area contributed by atoms with Gasteiger partial charge in [-0.1, -0.05) is 60.7 Å². The molecule has 5 rings (SSSR count). The average Bonchev–Trinajstić information content (AvgIpc) is 2.85. The second-order valence-corrected chi connectivity index (χ2v) is 7.88. The maximum Gasteiger partial charge on any atom is 0.316 e. The molecule has 0 bridgehead atoms. The van der Waals surface area contributed by atoms with Crippen LogP contribution in [0.15, 0.2) is 85.3 Å². The molecule has 0 N–H and O–H groups in total. The van der Waals surface area contributed by atoms with Crippen LogP contribution >= 0.6 is 0 Å². The fourth-order valence-corrected chi connectivity index (χ4v) is 4.92. The summed E-state index contributed by atoms with van der Waals surface area (Å²) >= 11 is 0. The van der Waals surface area contributed by atoms with E-state index in [-0.39, 0.29) is 23.7 Å². The van der Waals surface area contributed by atoms with Crippen molar-refractivity contribution in [2.75, 3.05) is 14.2 Å². The minimum absolute atomic E-state index is 0.119. The molecule has 1 saturated carbocycles. The Morgan fingerprint density at radius 2 is 1.25 bits per heavy atom. The fourth-order valence-electron chi connectivity index (χ4n) is 4.92. The first-order valence-corrected chi connectivity index (χ1v) is 10.6. The van der Waals surface area contributed by atoms with Crippen molar-refractivity contribution < 1.29 is 9.47 Å². The molecule has 160 valence electrons. The Morgan fingerprint density at radius 3 is 1.84 bits per heavy atom. The van der Waals surface area contributed by atoms with Gasteiger partial charge in [-0.3, -0.25) is 4.98 Å². The minimum Gasteiger partial charge on any atom is -0.480 e. The molecule has 0 amide bonds. The van der Waals surface area contributed by atoms with E-state index >= 15 is 0 Å². The van der Waals surface area contributed by atoms with Crippen LogP contribution in [0.3, 0.4) is 0 Å². The van der Waals surface area contributed by atoms with Crippen LogP contribution in [-0.2, 0) is 0 Å². The highest BCUT2D eigenvalue weighted by atomic mass is 16.5. The van der Waals surface area contributed by atoms with Crippen LogP contribution < -0.4 is 9.47 Å². The first-order chi connectivity index (χ1) is 15.8. The van der Waals surface area contributed by atoms with Gasteiger partial charge in [-0.25, -0.2) is 9.97 Å². The van der Waals surface area contributed by atoms with Gasteiger partial charge in [0.05, 0.1) is 31.8 Å². The van der Waals surface area contributed by atoms with E-state index in [1.165, 1.54) is 11.1 Å². The Bertz CT molecular complexity index is 1080. The number of methoxy groups -OCH3 is 2. The van der Waals surface area contributed by atoms with Crippen LogP contribution in [0.5, 0.6) is 11.9 Å². The first-order valence-electron chi connectivity index (χ1n) is 10.6. The van der Waals surface area contributed by atoms with Crippen molar-refractivity contribution in [3.05, 3.63) is 108 Å². The van der Waals surface area contributed by atoms with Gasteiger partial charge in [0, 0.05) is 36.1 Å². The van der Waals surface area contributed by atoms with Gasteiger partial charge in [-0.2, -0.15) is 4.98 Å². The second kappa shape index (κ2) is 8.75. The lowest BCUT2D eigenvalue weighted by atomic mass is 9.50. The summed E-state index contributed by atoms with van der Waals surface area (Å²) in [6.45, 7) is 0. The van der Waals surface area contributed by atoms with E-state index in [0.29, 0.717) is 11.9 Å². The topological polar surface area (TPSA) is 70.0 Å². The molecule has 6 heteroatoms. The lowest BCUT2D eigenvalue weighted by molar-refractivity contribution is 0.216. The molecule has 1 aliphatic rings. The highest BCUT2D eigenvalue weighted by molar-refractivity contribution is 5.45. The van der Waals surface area contributed by atoms with Crippen molar-refractivity contribution in [2.45, 2.75) is 23.7 Å². The summed E-state index contributed by atoms with van der Waals surface area (Å²) in [5.74, 6) is 1.11. The number of aromatic nitrogens is 4. The van der Waals surface area contributed by atoms with Crippen molar-refractivity contribution in [1.29, 1.82) is 0 Å². The van der Waals surface area contributed by atoms with Crippen LogP contribution in [0.4, 0.5) is 0 Å². The van der Waals surface area contributed by atoms with Crippen molar-refractivity contribution in [3.63, 3.8) is 0 Å². The molecule has 0 saturated heterocycles. The van der Waals surface area contributed by atoms with Gasteiger partial charge in [0.2, 0.25) is 5.88 Å². The molecule has 0 unspecified atom stereocenters. The normalized spacial score (nSPS) is 22.1. The summed E-state index contributed by atoms with van der Waals surface area (Å²) < 4.78 is 10.7. The molecule has 2 aromatic heterocycles. The molecule has 2 heterocycles. The van der Waals surface area contributed by atoms with E-state index in [0.717, 1.165) is 11.4 Å². The zero-order chi connectivity index (χ0) is 21.9. The molecule has 6 nitrogen and oxygen atoms in total. The predicted molar refractivity (Wildman–Crippen MR) is 121 cm³/mol. The Balaban J connectivity index is 1.68. The number of nitrogens with zero attached hydrogens (tertiary/aromatic N) is 4. The molecule has 0 spiro atoms. The summed E-state index contributed by atoms with van der Waals surface area (Å²) in [5.41, 5.74) is 4.38. The number of hydrogen-bond donors (Lipinski definition) is 0. The lowest BCUT2D eigenvalue weighted by Crippen LogP contribution is -2.41. The van der Waals surface area contributed by atoms with E-state index < -0.39 is 0 Å². The maximum atomic E-state index is 5.39. The van der Waals surface area contributed by atoms with Gasteiger partial charge in [0.15, 0.2) is 0 Å². The Kier molecular flexibility index (Phi) is 5.50. The van der Waals surface area contributed by atoms with Gasteiger partial charge < -0.3 is 9.47 Å². The number of rotatable bonds is 6. The Hall–Kier alpha value is -3.80. The molecule has 0 aliphatic heterocycles. The lowest BCUT2D eigenvalue weighted by Gasteiger charge is -2.52. The summed E-state index contributed by atoms with van der Waals surface area (Å²) in [4.78, 5) is 18.1. The third-order valence-electron chi connectivity index (χ3n) is 6.28. The van der Waals surface area contributed by atoms with Crippen LogP contribution in [0.2, 0.25) is 0 Å². The zero-order valence-corrected chi connectivity index (χ0v) is 18.0. The molecule has 1 aliphatic carbocycles. The van der Waals surface area contributed by atoms with Gasteiger partial charge in [0.1, 0.15) is 0 Å². The SMILES string of the molecule is COc1cncc([C@H]2[C@@H](c3ccccc3)[C@@H](c3ccnc(OC)n3)[C@@H]2c2ccccc2)n1. The van der Waals surface area contributed by atoms with E-state index in [9.17, 15) is 0 Å². The molecule has 4 aromatic rings. The van der Waals surface area contributed by atoms with Gasteiger partial charge in [0.25, 0.3) is 0 Å². The zero-order valence-electron chi connectivity index (χ0n) is 18.0. The predicted octanol–water partition coefficient (Wildman–Crippen LogP) is 4.73. The van der Waals surface area contributed by atoms with Gasteiger partial charge in [-0.05, 0) is 17.2 Å². The average molecular weight is 425 g/mol. The maximum absolute atomic E-state index is 5.39. The van der Waals surface area contributed by atoms with Crippen LogP contribution in [0.1, 0.15) is 46.2 Å². The Morgan fingerprint density at radius 1 is 0.625 bits per heavy atom. The summed E-state index contributed by atoms with van der Waals surface area (Å²) in [6.07, 6.45) is 5.27.